The molecule has 1 aromatic heterocycles. The third kappa shape index (κ3) is 5.75. The summed E-state index contributed by atoms with van der Waals surface area (Å²) in [6.45, 7) is 0.410. The smallest absolute Gasteiger partial charge is 0.389 e. The van der Waals surface area contributed by atoms with Crippen LogP contribution in [0.4, 0.5) is 9.18 Å². The Labute approximate surface area is 206 Å². The Morgan fingerprint density at radius 3 is 2.54 bits per heavy atom. The van der Waals surface area contributed by atoms with Crippen molar-refractivity contribution in [3.8, 4) is 5.88 Å². The number of hydrogen-bond donors (Lipinski definition) is 1. The second-order valence-electron chi connectivity index (χ2n) is 9.91. The molecule has 0 bridgehead atoms. The van der Waals surface area contributed by atoms with Crippen LogP contribution in [0.2, 0.25) is 0 Å². The molecule has 2 aromatic carbocycles. The third-order valence-corrected chi connectivity index (χ3v) is 7.39. The molecule has 5 rings (SSSR count). The van der Waals surface area contributed by atoms with Crippen LogP contribution in [0.1, 0.15) is 85.7 Å². The summed E-state index contributed by atoms with van der Waals surface area (Å²) in [5.74, 6) is 0.479. The van der Waals surface area contributed by atoms with E-state index in [1.165, 1.54) is 31.0 Å². The van der Waals surface area contributed by atoms with Gasteiger partial charge in [-0.3, -0.25) is 4.68 Å². The van der Waals surface area contributed by atoms with E-state index >= 15 is 0 Å². The first-order valence-electron chi connectivity index (χ1n) is 13.0. The van der Waals surface area contributed by atoms with Gasteiger partial charge < -0.3 is 10.1 Å². The molecule has 1 fully saturated rings. The van der Waals surface area contributed by atoms with Crippen molar-refractivity contribution >= 4 is 6.09 Å². The summed E-state index contributed by atoms with van der Waals surface area (Å²) in [4.78, 5) is 12.7. The van der Waals surface area contributed by atoms with E-state index in [-0.39, 0.29) is 11.7 Å². The van der Waals surface area contributed by atoms with Crippen molar-refractivity contribution in [2.75, 3.05) is 0 Å². The fourth-order valence-corrected chi connectivity index (χ4v) is 5.68. The number of nitrogens with zero attached hydrogens (tertiary/aromatic N) is 2. The minimum Gasteiger partial charge on any atom is -0.389 e. The number of ether oxygens (including phenoxy) is 1. The molecule has 0 spiro atoms. The molecule has 1 N–H and O–H groups in total. The van der Waals surface area contributed by atoms with Gasteiger partial charge in [-0.1, -0.05) is 68.1 Å². The molecule has 5 nitrogen and oxygen atoms in total. The van der Waals surface area contributed by atoms with Gasteiger partial charge in [0.2, 0.25) is 5.88 Å². The molecule has 6 heteroatoms. The predicted molar refractivity (Wildman–Crippen MR) is 134 cm³/mol. The van der Waals surface area contributed by atoms with Crippen LogP contribution < -0.4 is 10.1 Å². The molecule has 0 aliphatic heterocycles. The molecule has 0 saturated heterocycles. The molecule has 1 atom stereocenters. The lowest BCUT2D eigenvalue weighted by atomic mass is 9.90. The number of benzene rings is 2. The summed E-state index contributed by atoms with van der Waals surface area (Å²) < 4.78 is 21.9. The van der Waals surface area contributed by atoms with Gasteiger partial charge in [0.15, 0.2) is 0 Å². The first-order chi connectivity index (χ1) is 17.2. The molecule has 2 aliphatic rings. The number of hydrogen-bond acceptors (Lipinski definition) is 3. The third-order valence-electron chi connectivity index (χ3n) is 7.39. The predicted octanol–water partition coefficient (Wildman–Crippen LogP) is 6.87. The molecular formula is C29H34FN3O2. The van der Waals surface area contributed by atoms with E-state index in [1.54, 1.807) is 12.1 Å². The van der Waals surface area contributed by atoms with Gasteiger partial charge in [-0.05, 0) is 61.8 Å². The van der Waals surface area contributed by atoms with Crippen molar-refractivity contribution in [1.82, 2.24) is 15.1 Å². The van der Waals surface area contributed by atoms with E-state index < -0.39 is 6.09 Å². The lowest BCUT2D eigenvalue weighted by Gasteiger charge is -2.27. The van der Waals surface area contributed by atoms with Gasteiger partial charge in [0.1, 0.15) is 5.82 Å². The Morgan fingerprint density at radius 2 is 1.74 bits per heavy atom. The van der Waals surface area contributed by atoms with Gasteiger partial charge >= 0.3 is 6.09 Å². The summed E-state index contributed by atoms with van der Waals surface area (Å²) in [7, 11) is 0. The Kier molecular flexibility index (Phi) is 7.45. The second kappa shape index (κ2) is 11.1. The van der Waals surface area contributed by atoms with Crippen LogP contribution in [0, 0.1) is 5.82 Å². The highest BCUT2D eigenvalue weighted by Crippen LogP contribution is 2.41. The standard InChI is InChI=1S/C29H34FN3O2/c30-24-14-9-12-22(19-24)18-23-13-7-8-17-26-27(23)33(25-15-5-2-6-16-25)32-28(26)35-29(34)31-20-21-10-3-1-4-11-21/h1,3-4,9-12,14,19,23,25H,2,5-8,13,15-18,20H2,(H,31,34). The van der Waals surface area contributed by atoms with Gasteiger partial charge in [-0.2, -0.15) is 0 Å². The van der Waals surface area contributed by atoms with Gasteiger partial charge in [0, 0.05) is 23.7 Å². The van der Waals surface area contributed by atoms with Crippen LogP contribution >= 0.6 is 0 Å². The number of aromatic nitrogens is 2. The van der Waals surface area contributed by atoms with Crippen LogP contribution in [-0.4, -0.2) is 15.9 Å². The van der Waals surface area contributed by atoms with Crippen LogP contribution in [0.3, 0.4) is 0 Å². The maximum atomic E-state index is 13.9. The summed E-state index contributed by atoms with van der Waals surface area (Å²) in [5.41, 5.74) is 4.28. The van der Waals surface area contributed by atoms with Crippen molar-refractivity contribution in [3.63, 3.8) is 0 Å². The van der Waals surface area contributed by atoms with E-state index in [1.807, 2.05) is 36.4 Å². The first-order valence-corrected chi connectivity index (χ1v) is 13.0. The van der Waals surface area contributed by atoms with E-state index in [4.69, 9.17) is 9.84 Å². The number of fused-ring (bicyclic) bond motifs is 1. The molecule has 184 valence electrons. The number of carbonyl (C=O) groups is 1. The first kappa shape index (κ1) is 23.6. The van der Waals surface area contributed by atoms with Crippen LogP contribution in [0.25, 0.3) is 0 Å². The summed E-state index contributed by atoms with van der Waals surface area (Å²) in [5, 5.41) is 7.78. The Hall–Kier alpha value is -3.15. The lowest BCUT2D eigenvalue weighted by Crippen LogP contribution is -2.26. The van der Waals surface area contributed by atoms with Crippen molar-refractivity contribution in [2.24, 2.45) is 0 Å². The van der Waals surface area contributed by atoms with Crippen LogP contribution in [0.15, 0.2) is 54.6 Å². The lowest BCUT2D eigenvalue weighted by molar-refractivity contribution is 0.196. The molecule has 1 amide bonds. The maximum Gasteiger partial charge on any atom is 0.414 e. The maximum absolute atomic E-state index is 13.9. The Morgan fingerprint density at radius 1 is 0.971 bits per heavy atom. The minimum atomic E-state index is -0.476. The quantitative estimate of drug-likeness (QED) is 0.396. The van der Waals surface area contributed by atoms with Crippen molar-refractivity contribution in [3.05, 3.63) is 82.8 Å². The average molecular weight is 476 g/mol. The van der Waals surface area contributed by atoms with Gasteiger partial charge in [0.25, 0.3) is 0 Å². The molecule has 3 aromatic rings. The molecular weight excluding hydrogens is 441 g/mol. The SMILES string of the molecule is O=C(NCc1ccccc1)Oc1nn(C2CCCCC2)c2c1CCCCC2Cc1cccc(F)c1. The second-order valence-corrected chi connectivity index (χ2v) is 9.91. The largest absolute Gasteiger partial charge is 0.414 e. The van der Waals surface area contributed by atoms with Crippen molar-refractivity contribution in [2.45, 2.75) is 82.7 Å². The zero-order chi connectivity index (χ0) is 24.0. The Bertz CT molecular complexity index is 1140. The molecule has 1 heterocycles. The summed E-state index contributed by atoms with van der Waals surface area (Å²) >= 11 is 0. The highest BCUT2D eigenvalue weighted by atomic mass is 19.1. The van der Waals surface area contributed by atoms with Crippen molar-refractivity contribution < 1.29 is 13.9 Å². The van der Waals surface area contributed by atoms with E-state index in [0.29, 0.717) is 18.5 Å². The van der Waals surface area contributed by atoms with Gasteiger partial charge in [0.05, 0.1) is 6.04 Å². The number of amides is 1. The molecule has 35 heavy (non-hydrogen) atoms. The average Bonchev–Trinajstić information content (AvgIpc) is 3.10. The molecule has 0 radical (unpaired) electrons. The van der Waals surface area contributed by atoms with E-state index in [2.05, 4.69) is 10.00 Å². The number of carbonyl (C=O) groups excluding carboxylic acids is 1. The number of halogens is 1. The van der Waals surface area contributed by atoms with Crippen molar-refractivity contribution in [1.29, 1.82) is 0 Å². The minimum absolute atomic E-state index is 0.198. The Balaban J connectivity index is 1.43. The monoisotopic (exact) mass is 475 g/mol. The van der Waals surface area contributed by atoms with Gasteiger partial charge in [-0.15, -0.1) is 5.10 Å². The van der Waals surface area contributed by atoms with Crippen LogP contribution in [0.5, 0.6) is 5.88 Å². The van der Waals surface area contributed by atoms with E-state index in [0.717, 1.165) is 61.6 Å². The van der Waals surface area contributed by atoms with Gasteiger partial charge in [-0.25, -0.2) is 9.18 Å². The normalized spacial score (nSPS) is 18.5. The highest BCUT2D eigenvalue weighted by Gasteiger charge is 2.32. The molecule has 1 saturated carbocycles. The fourth-order valence-electron chi connectivity index (χ4n) is 5.68. The number of nitrogens with one attached hydrogen (secondary N) is 1. The molecule has 2 aliphatic carbocycles. The topological polar surface area (TPSA) is 56.1 Å². The zero-order valence-electron chi connectivity index (χ0n) is 20.2. The summed E-state index contributed by atoms with van der Waals surface area (Å²) in [6.07, 6.45) is 10.1. The zero-order valence-corrected chi connectivity index (χ0v) is 20.2. The highest BCUT2D eigenvalue weighted by molar-refractivity contribution is 5.70. The summed E-state index contributed by atoms with van der Waals surface area (Å²) in [6, 6.07) is 17.1. The molecule has 1 unspecified atom stereocenters. The van der Waals surface area contributed by atoms with Crippen LogP contribution in [-0.2, 0) is 19.4 Å². The number of rotatable bonds is 6. The fraction of sp³-hybridized carbons (Fsp3) is 0.448. The van der Waals surface area contributed by atoms with E-state index in [9.17, 15) is 9.18 Å².